The van der Waals surface area contributed by atoms with Crippen LogP contribution in [0.5, 0.6) is 0 Å². The molecule has 0 heterocycles. The molecule has 2 atom stereocenters. The zero-order valence-corrected chi connectivity index (χ0v) is 17.6. The first kappa shape index (κ1) is 24.8. The van der Waals surface area contributed by atoms with Gasteiger partial charge in [0.25, 0.3) is 0 Å². The van der Waals surface area contributed by atoms with Gasteiger partial charge in [0.1, 0.15) is 0 Å². The van der Waals surface area contributed by atoms with E-state index < -0.39 is 18.1 Å². The molecule has 0 radical (unpaired) electrons. The van der Waals surface area contributed by atoms with Crippen LogP contribution in [-0.2, 0) is 9.59 Å². The van der Waals surface area contributed by atoms with Gasteiger partial charge >= 0.3 is 57.4 Å². The van der Waals surface area contributed by atoms with Crippen molar-refractivity contribution in [2.24, 2.45) is 0 Å². The number of amides is 1. The standard InChI is InChI=1S/C16H31NO4.K.H/c1-3-4-5-6-7-8-9-10-11-12-14(19)17-15(13(2)18)16(20)21;;/h13,15,18H,3-12H2,1-2H3,(H,17,19)(H,20,21);;/q;+1;-1/t13-,15+;;/m1../s1. The van der Waals surface area contributed by atoms with Crippen molar-refractivity contribution in [1.82, 2.24) is 5.32 Å². The molecule has 126 valence electrons. The van der Waals surface area contributed by atoms with Crippen LogP contribution in [0.15, 0.2) is 0 Å². The SMILES string of the molecule is CCCCCCCCCCCC(=O)N[C@H](C(=O)O)[C@@H](C)O.[H-].[K+]. The van der Waals surface area contributed by atoms with Crippen molar-refractivity contribution in [1.29, 1.82) is 0 Å². The van der Waals surface area contributed by atoms with E-state index in [-0.39, 0.29) is 58.7 Å². The summed E-state index contributed by atoms with van der Waals surface area (Å²) in [5.74, 6) is -1.50. The second-order valence-corrected chi connectivity index (χ2v) is 5.70. The van der Waals surface area contributed by atoms with Gasteiger partial charge in [-0.05, 0) is 13.3 Å². The summed E-state index contributed by atoms with van der Waals surface area (Å²) in [5.41, 5.74) is 0. The van der Waals surface area contributed by atoms with Gasteiger partial charge in [0, 0.05) is 6.42 Å². The van der Waals surface area contributed by atoms with Crippen molar-refractivity contribution in [2.45, 2.75) is 90.2 Å². The van der Waals surface area contributed by atoms with Gasteiger partial charge in [0.05, 0.1) is 6.10 Å². The Morgan fingerprint density at radius 3 is 1.86 bits per heavy atom. The van der Waals surface area contributed by atoms with E-state index in [2.05, 4.69) is 12.2 Å². The minimum absolute atomic E-state index is 0. The third kappa shape index (κ3) is 14.1. The molecule has 0 rings (SSSR count). The summed E-state index contributed by atoms with van der Waals surface area (Å²) in [6.45, 7) is 3.56. The summed E-state index contributed by atoms with van der Waals surface area (Å²) in [5, 5.41) is 20.5. The van der Waals surface area contributed by atoms with E-state index in [1.54, 1.807) is 0 Å². The fourth-order valence-electron chi connectivity index (χ4n) is 2.23. The van der Waals surface area contributed by atoms with Gasteiger partial charge in [-0.2, -0.15) is 0 Å². The number of hydrogen-bond acceptors (Lipinski definition) is 3. The van der Waals surface area contributed by atoms with Gasteiger partial charge in [0.2, 0.25) is 5.91 Å². The van der Waals surface area contributed by atoms with E-state index in [1.807, 2.05) is 0 Å². The molecule has 5 nitrogen and oxygen atoms in total. The molecule has 1 amide bonds. The molecule has 6 heteroatoms. The van der Waals surface area contributed by atoms with Gasteiger partial charge < -0.3 is 17.0 Å². The Kier molecular flexibility index (Phi) is 18.5. The van der Waals surface area contributed by atoms with E-state index in [0.29, 0.717) is 6.42 Å². The van der Waals surface area contributed by atoms with E-state index in [4.69, 9.17) is 5.11 Å². The second-order valence-electron chi connectivity index (χ2n) is 5.70. The molecule has 0 aliphatic heterocycles. The summed E-state index contributed by atoms with van der Waals surface area (Å²) in [7, 11) is 0. The van der Waals surface area contributed by atoms with Crippen LogP contribution in [0.3, 0.4) is 0 Å². The van der Waals surface area contributed by atoms with Gasteiger partial charge in [0.15, 0.2) is 6.04 Å². The van der Waals surface area contributed by atoms with Gasteiger partial charge in [-0.3, -0.25) is 4.79 Å². The molecule has 0 saturated carbocycles. The Hall–Kier alpha value is 0.536. The molecule has 0 saturated heterocycles. The fraction of sp³-hybridized carbons (Fsp3) is 0.875. The average molecular weight is 342 g/mol. The number of aliphatic carboxylic acids is 1. The zero-order chi connectivity index (χ0) is 16.1. The monoisotopic (exact) mass is 341 g/mol. The number of hydrogen-bond donors (Lipinski definition) is 3. The van der Waals surface area contributed by atoms with E-state index >= 15 is 0 Å². The molecular weight excluding hydrogens is 309 g/mol. The van der Waals surface area contributed by atoms with Crippen LogP contribution in [0.25, 0.3) is 0 Å². The van der Waals surface area contributed by atoms with Crippen molar-refractivity contribution in [3.05, 3.63) is 0 Å². The quantitative estimate of drug-likeness (QED) is 0.324. The van der Waals surface area contributed by atoms with Crippen LogP contribution in [0.4, 0.5) is 0 Å². The third-order valence-electron chi connectivity index (χ3n) is 3.57. The van der Waals surface area contributed by atoms with Crippen molar-refractivity contribution in [3.63, 3.8) is 0 Å². The maximum absolute atomic E-state index is 11.6. The van der Waals surface area contributed by atoms with Crippen LogP contribution in [0, 0.1) is 0 Å². The van der Waals surface area contributed by atoms with Crippen LogP contribution >= 0.6 is 0 Å². The van der Waals surface area contributed by atoms with Crippen molar-refractivity contribution in [2.75, 3.05) is 0 Å². The third-order valence-corrected chi connectivity index (χ3v) is 3.57. The summed E-state index contributed by atoms with van der Waals surface area (Å²) in [6, 6.07) is -1.21. The van der Waals surface area contributed by atoms with E-state index in [0.717, 1.165) is 19.3 Å². The Balaban J connectivity index is -0.00000200. The predicted molar refractivity (Wildman–Crippen MR) is 84.2 cm³/mol. The first-order valence-corrected chi connectivity index (χ1v) is 8.19. The topological polar surface area (TPSA) is 86.6 Å². The number of carboxylic acid groups (broad SMARTS) is 1. The maximum Gasteiger partial charge on any atom is 1.00 e. The molecule has 0 aliphatic rings. The van der Waals surface area contributed by atoms with Gasteiger partial charge in [-0.1, -0.05) is 58.3 Å². The van der Waals surface area contributed by atoms with Crippen molar-refractivity contribution < 1.29 is 72.6 Å². The van der Waals surface area contributed by atoms with Crippen molar-refractivity contribution in [3.8, 4) is 0 Å². The van der Waals surface area contributed by atoms with Gasteiger partial charge in [-0.25, -0.2) is 4.79 Å². The number of unbranched alkanes of at least 4 members (excludes halogenated alkanes) is 8. The Bertz CT molecular complexity index is 304. The second kappa shape index (κ2) is 16.4. The number of aliphatic hydroxyl groups is 1. The molecule has 22 heavy (non-hydrogen) atoms. The summed E-state index contributed by atoms with van der Waals surface area (Å²) in [4.78, 5) is 22.4. The van der Waals surface area contributed by atoms with Crippen molar-refractivity contribution >= 4 is 11.9 Å². The number of rotatable bonds is 13. The Morgan fingerprint density at radius 1 is 1.00 bits per heavy atom. The van der Waals surface area contributed by atoms with Crippen LogP contribution < -0.4 is 56.7 Å². The first-order chi connectivity index (χ1) is 9.99. The number of carboxylic acids is 1. The fourth-order valence-corrected chi connectivity index (χ4v) is 2.23. The largest absolute Gasteiger partial charge is 1.00 e. The Morgan fingerprint density at radius 2 is 1.45 bits per heavy atom. The molecule has 0 bridgehead atoms. The molecule has 0 aromatic rings. The number of aliphatic hydroxyl groups excluding tert-OH is 1. The molecule has 0 aromatic carbocycles. The van der Waals surface area contributed by atoms with Gasteiger partial charge in [-0.15, -0.1) is 0 Å². The molecule has 0 aromatic heterocycles. The molecular formula is C16H32KNO4. The first-order valence-electron chi connectivity index (χ1n) is 8.19. The smallest absolute Gasteiger partial charge is 1.00 e. The number of carbonyl (C=O) groups is 2. The number of nitrogens with one attached hydrogen (secondary N) is 1. The normalized spacial score (nSPS) is 13.0. The Labute approximate surface area is 178 Å². The minimum Gasteiger partial charge on any atom is -1.00 e. The molecule has 0 unspecified atom stereocenters. The van der Waals surface area contributed by atoms with Crippen LogP contribution in [-0.4, -0.2) is 34.2 Å². The maximum atomic E-state index is 11.6. The number of carbonyl (C=O) groups excluding carboxylic acids is 1. The summed E-state index contributed by atoms with van der Waals surface area (Å²) >= 11 is 0. The molecule has 0 fully saturated rings. The predicted octanol–water partition coefficient (Wildman–Crippen LogP) is -0.0260. The zero-order valence-electron chi connectivity index (χ0n) is 15.4. The average Bonchev–Trinajstić information content (AvgIpc) is 2.42. The van der Waals surface area contributed by atoms with E-state index in [1.165, 1.54) is 45.4 Å². The molecule has 0 spiro atoms. The molecule has 3 N–H and O–H groups in total. The minimum atomic E-state index is -1.21. The van der Waals surface area contributed by atoms with Crippen LogP contribution in [0.1, 0.15) is 79.5 Å². The molecule has 0 aliphatic carbocycles. The van der Waals surface area contributed by atoms with Crippen LogP contribution in [0.2, 0.25) is 0 Å². The summed E-state index contributed by atoms with van der Waals surface area (Å²) < 4.78 is 0. The van der Waals surface area contributed by atoms with E-state index in [9.17, 15) is 14.7 Å². The summed E-state index contributed by atoms with van der Waals surface area (Å²) in [6.07, 6.45) is 9.77.